The van der Waals surface area contributed by atoms with Crippen LogP contribution in [-0.2, 0) is 21.1 Å². The molecule has 3 heterocycles. The van der Waals surface area contributed by atoms with E-state index < -0.39 is 28.5 Å². The van der Waals surface area contributed by atoms with Gasteiger partial charge in [0.2, 0.25) is 11.8 Å². The molecule has 4 rings (SSSR count). The number of fused-ring (bicyclic) bond motifs is 2. The van der Waals surface area contributed by atoms with Crippen molar-refractivity contribution < 1.29 is 26.5 Å². The Labute approximate surface area is 151 Å². The van der Waals surface area contributed by atoms with E-state index in [1.165, 1.54) is 30.6 Å². The zero-order chi connectivity index (χ0) is 18.3. The Balaban J connectivity index is 1.38. The largest absolute Gasteiger partial charge is 0.423 e. The monoisotopic (exact) mass is 386 g/mol. The minimum atomic E-state index is -4.74. The van der Waals surface area contributed by atoms with Crippen LogP contribution in [0, 0.1) is 5.92 Å². The van der Waals surface area contributed by atoms with Crippen molar-refractivity contribution in [2.45, 2.75) is 63.5 Å². The first-order chi connectivity index (χ1) is 12.4. The van der Waals surface area contributed by atoms with Crippen LogP contribution in [0.3, 0.4) is 0 Å². The van der Waals surface area contributed by atoms with Gasteiger partial charge in [0.15, 0.2) is 0 Å². The molecule has 0 aromatic carbocycles. The molecular formula is C15H22N4O6S. The zero-order valence-electron chi connectivity index (χ0n) is 14.3. The summed E-state index contributed by atoms with van der Waals surface area (Å²) in [6.45, 7) is 0.290. The van der Waals surface area contributed by atoms with Gasteiger partial charge in [-0.05, 0) is 31.6 Å². The number of carbonyl (C=O) groups is 1. The second-order valence-electron chi connectivity index (χ2n) is 7.23. The molecule has 10 nitrogen and oxygen atoms in total. The summed E-state index contributed by atoms with van der Waals surface area (Å²) in [4.78, 5) is 13.9. The van der Waals surface area contributed by atoms with Crippen molar-refractivity contribution in [3.8, 4) is 0 Å². The number of aromatic nitrogens is 2. The Morgan fingerprint density at radius 1 is 1.23 bits per heavy atom. The average Bonchev–Trinajstić information content (AvgIpc) is 3.09. The zero-order valence-corrected chi connectivity index (χ0v) is 15.1. The fraction of sp³-hybridized carbons (Fsp3) is 0.800. The highest BCUT2D eigenvalue weighted by Crippen LogP contribution is 2.38. The topological polar surface area (TPSA) is 126 Å². The van der Waals surface area contributed by atoms with E-state index in [9.17, 15) is 13.2 Å². The first-order valence-electron chi connectivity index (χ1n) is 9.00. The lowest BCUT2D eigenvalue weighted by atomic mass is 9.82. The van der Waals surface area contributed by atoms with Crippen LogP contribution in [0.25, 0.3) is 0 Å². The molecule has 1 aromatic rings. The lowest BCUT2D eigenvalue weighted by Crippen LogP contribution is -2.35. The maximum Gasteiger partial charge on any atom is 0.418 e. The second-order valence-corrected chi connectivity index (χ2v) is 8.24. The summed E-state index contributed by atoms with van der Waals surface area (Å²) < 4.78 is 40.9. The lowest BCUT2D eigenvalue weighted by molar-refractivity contribution is -0.0317. The van der Waals surface area contributed by atoms with Gasteiger partial charge in [-0.25, -0.2) is 4.79 Å². The highest BCUT2D eigenvalue weighted by Gasteiger charge is 2.49. The van der Waals surface area contributed by atoms with Crippen molar-refractivity contribution in [1.82, 2.24) is 20.2 Å². The minimum Gasteiger partial charge on any atom is -0.423 e. The second kappa shape index (κ2) is 6.78. The van der Waals surface area contributed by atoms with E-state index in [-0.39, 0.29) is 0 Å². The first-order valence-corrected chi connectivity index (χ1v) is 10.4. The molecule has 2 atom stereocenters. The van der Waals surface area contributed by atoms with E-state index in [2.05, 4.69) is 14.5 Å². The Morgan fingerprint density at radius 3 is 2.73 bits per heavy atom. The van der Waals surface area contributed by atoms with Crippen molar-refractivity contribution in [1.29, 1.82) is 0 Å². The molecule has 1 aromatic heterocycles. The Hall–Kier alpha value is -1.72. The number of hydrogen-bond acceptors (Lipinski definition) is 7. The highest BCUT2D eigenvalue weighted by molar-refractivity contribution is 7.80. The number of piperidine rings is 1. The molecule has 3 aliphatic rings. The molecule has 26 heavy (non-hydrogen) atoms. The number of amides is 2. The van der Waals surface area contributed by atoms with Crippen LogP contribution in [-0.4, -0.2) is 51.7 Å². The van der Waals surface area contributed by atoms with Crippen LogP contribution in [0.2, 0.25) is 0 Å². The molecule has 2 bridgehead atoms. The van der Waals surface area contributed by atoms with Gasteiger partial charge in [0.25, 0.3) is 0 Å². The predicted molar refractivity (Wildman–Crippen MR) is 86.9 cm³/mol. The molecule has 1 N–H and O–H groups in total. The van der Waals surface area contributed by atoms with Crippen LogP contribution < -0.4 is 0 Å². The standard InChI is InChI=1S/C15H22N4O6S/c20-15-18-9-11(19(15)25-26(21,22)23)7-8-12(18)14-17-16-13(24-14)6-2-5-10-3-1-4-10/h10-12H,1-9H2,(H,21,22,23)/t11-,12+/m1/s1. The molecule has 1 saturated carbocycles. The van der Waals surface area contributed by atoms with Gasteiger partial charge in [-0.15, -0.1) is 14.5 Å². The molecule has 0 spiro atoms. The normalized spacial score (nSPS) is 26.4. The van der Waals surface area contributed by atoms with Gasteiger partial charge >= 0.3 is 16.4 Å². The number of hydroxylamine groups is 2. The Morgan fingerprint density at radius 2 is 2.04 bits per heavy atom. The van der Waals surface area contributed by atoms with Crippen LogP contribution in [0.4, 0.5) is 4.79 Å². The summed E-state index contributed by atoms with van der Waals surface area (Å²) in [5.74, 6) is 1.77. The number of urea groups is 1. The van der Waals surface area contributed by atoms with Gasteiger partial charge in [0.1, 0.15) is 6.04 Å². The number of aryl methyl sites for hydroxylation is 1. The van der Waals surface area contributed by atoms with Gasteiger partial charge in [0, 0.05) is 13.0 Å². The number of carbonyl (C=O) groups excluding carboxylic acids is 1. The first kappa shape index (κ1) is 17.7. The van der Waals surface area contributed by atoms with Gasteiger partial charge in [-0.1, -0.05) is 19.3 Å². The molecule has 0 unspecified atom stereocenters. The molecular weight excluding hydrogens is 364 g/mol. The summed E-state index contributed by atoms with van der Waals surface area (Å²) in [5.41, 5.74) is 0. The summed E-state index contributed by atoms with van der Waals surface area (Å²) in [6.07, 6.45) is 7.96. The van der Waals surface area contributed by atoms with E-state index >= 15 is 0 Å². The van der Waals surface area contributed by atoms with Crippen molar-refractivity contribution >= 4 is 16.4 Å². The number of hydrogen-bond donors (Lipinski definition) is 1. The maximum absolute atomic E-state index is 12.4. The third kappa shape index (κ3) is 3.55. The number of rotatable bonds is 7. The summed E-state index contributed by atoms with van der Waals surface area (Å²) in [7, 11) is -4.74. The fourth-order valence-electron chi connectivity index (χ4n) is 3.91. The predicted octanol–water partition coefficient (Wildman–Crippen LogP) is 1.87. The van der Waals surface area contributed by atoms with Crippen molar-refractivity contribution in [2.75, 3.05) is 6.54 Å². The summed E-state index contributed by atoms with van der Waals surface area (Å²) in [5, 5.41) is 8.88. The molecule has 144 valence electrons. The molecule has 2 amide bonds. The van der Waals surface area contributed by atoms with Crippen LogP contribution in [0.15, 0.2) is 4.42 Å². The van der Waals surface area contributed by atoms with Gasteiger partial charge in [-0.2, -0.15) is 13.5 Å². The van der Waals surface area contributed by atoms with E-state index in [1.807, 2.05) is 0 Å². The van der Waals surface area contributed by atoms with Gasteiger partial charge in [0.05, 0.1) is 6.04 Å². The third-order valence-corrected chi connectivity index (χ3v) is 5.84. The van der Waals surface area contributed by atoms with Gasteiger partial charge in [-0.3, -0.25) is 4.55 Å². The summed E-state index contributed by atoms with van der Waals surface area (Å²) >= 11 is 0. The lowest BCUT2D eigenvalue weighted by Gasteiger charge is -2.27. The van der Waals surface area contributed by atoms with Crippen molar-refractivity contribution in [2.24, 2.45) is 5.92 Å². The van der Waals surface area contributed by atoms with Crippen LogP contribution >= 0.6 is 0 Å². The van der Waals surface area contributed by atoms with Crippen LogP contribution in [0.1, 0.15) is 62.8 Å². The minimum absolute atomic E-state index is 0.290. The van der Waals surface area contributed by atoms with Gasteiger partial charge < -0.3 is 9.32 Å². The maximum atomic E-state index is 12.4. The molecule has 2 aliphatic heterocycles. The van der Waals surface area contributed by atoms with Crippen LogP contribution in [0.5, 0.6) is 0 Å². The smallest absolute Gasteiger partial charge is 0.418 e. The molecule has 3 fully saturated rings. The van der Waals surface area contributed by atoms with E-state index in [4.69, 9.17) is 8.97 Å². The highest BCUT2D eigenvalue weighted by atomic mass is 32.3. The molecule has 1 aliphatic carbocycles. The average molecular weight is 386 g/mol. The molecule has 11 heteroatoms. The van der Waals surface area contributed by atoms with E-state index in [0.29, 0.717) is 36.2 Å². The Kier molecular flexibility index (Phi) is 4.61. The third-order valence-electron chi connectivity index (χ3n) is 5.49. The summed E-state index contributed by atoms with van der Waals surface area (Å²) in [6, 6.07) is -1.45. The molecule has 2 saturated heterocycles. The molecule has 0 radical (unpaired) electrons. The number of nitrogens with zero attached hydrogens (tertiary/aromatic N) is 4. The van der Waals surface area contributed by atoms with Crippen molar-refractivity contribution in [3.63, 3.8) is 0 Å². The fourth-order valence-corrected chi connectivity index (χ4v) is 4.30. The van der Waals surface area contributed by atoms with Crippen molar-refractivity contribution in [3.05, 3.63) is 11.8 Å². The van der Waals surface area contributed by atoms with E-state index in [1.54, 1.807) is 0 Å². The SMILES string of the molecule is O=C1N2C[C@@H](CC[C@H]2c2nnc(CCCC3CCC3)o2)N1OS(=O)(=O)O. The quantitative estimate of drug-likeness (QED) is 0.704. The Bertz CT molecular complexity index is 777. The van der Waals surface area contributed by atoms with E-state index in [0.717, 1.165) is 18.8 Å².